The summed E-state index contributed by atoms with van der Waals surface area (Å²) in [6.45, 7) is 4.20. The third kappa shape index (κ3) is 3.52. The van der Waals surface area contributed by atoms with Gasteiger partial charge in [-0.3, -0.25) is 10.3 Å². The lowest BCUT2D eigenvalue weighted by molar-refractivity contribution is 0.269. The van der Waals surface area contributed by atoms with Crippen molar-refractivity contribution in [1.82, 2.24) is 0 Å². The van der Waals surface area contributed by atoms with Crippen molar-refractivity contribution in [2.75, 3.05) is 12.6 Å². The lowest BCUT2D eigenvalue weighted by Gasteiger charge is -2.14. The molecule has 0 fully saturated rings. The fourth-order valence-electron chi connectivity index (χ4n) is 2.12. The highest BCUT2D eigenvalue weighted by molar-refractivity contribution is 5.58. The molecule has 1 N–H and O–H groups in total. The van der Waals surface area contributed by atoms with E-state index in [0.29, 0.717) is 0 Å². The van der Waals surface area contributed by atoms with Gasteiger partial charge in [0.05, 0.1) is 7.11 Å². The molecule has 2 aromatic rings. The summed E-state index contributed by atoms with van der Waals surface area (Å²) < 4.78 is 6.06. The Morgan fingerprint density at radius 3 is 2.60 bits per heavy atom. The third-order valence-corrected chi connectivity index (χ3v) is 3.06. The lowest BCUT2D eigenvalue weighted by atomic mass is 10.1. The zero-order valence-corrected chi connectivity index (χ0v) is 12.3. The molecule has 0 saturated carbocycles. The molecule has 20 heavy (non-hydrogen) atoms. The van der Waals surface area contributed by atoms with E-state index < -0.39 is 0 Å². The van der Waals surface area contributed by atoms with Gasteiger partial charge in [0.25, 0.3) is 0 Å². The molecule has 0 spiro atoms. The minimum absolute atomic E-state index is 0.765. The maximum Gasteiger partial charge on any atom is 0.152 e. The molecule has 0 aliphatic heterocycles. The molecule has 3 nitrogen and oxygen atoms in total. The van der Waals surface area contributed by atoms with E-state index in [0.717, 1.165) is 35.6 Å². The second-order valence-electron chi connectivity index (χ2n) is 4.77. The van der Waals surface area contributed by atoms with Crippen LogP contribution < -0.4 is 10.2 Å². The molecule has 106 valence electrons. The highest BCUT2D eigenvalue weighted by Crippen LogP contribution is 2.32. The van der Waals surface area contributed by atoms with Gasteiger partial charge in [-0.2, -0.15) is 0 Å². The van der Waals surface area contributed by atoms with Gasteiger partial charge in [-0.1, -0.05) is 37.6 Å². The zero-order chi connectivity index (χ0) is 14.4. The van der Waals surface area contributed by atoms with E-state index in [1.807, 2.05) is 43.3 Å². The van der Waals surface area contributed by atoms with Crippen molar-refractivity contribution in [1.29, 1.82) is 0 Å². The summed E-state index contributed by atoms with van der Waals surface area (Å²) in [6.07, 6.45) is 2.10. The fourth-order valence-corrected chi connectivity index (χ4v) is 2.12. The highest BCUT2D eigenvalue weighted by Gasteiger charge is 2.08. The van der Waals surface area contributed by atoms with Gasteiger partial charge in [0.2, 0.25) is 0 Å². The molecule has 0 radical (unpaired) electrons. The van der Waals surface area contributed by atoms with Gasteiger partial charge in [0.1, 0.15) is 11.4 Å². The number of para-hydroxylation sites is 1. The molecule has 2 aromatic carbocycles. The highest BCUT2D eigenvalue weighted by atomic mass is 16.6. The second-order valence-corrected chi connectivity index (χ2v) is 4.77. The van der Waals surface area contributed by atoms with Crippen LogP contribution in [0.4, 0.5) is 5.69 Å². The normalized spacial score (nSPS) is 10.3. The van der Waals surface area contributed by atoms with Gasteiger partial charge in [0, 0.05) is 0 Å². The van der Waals surface area contributed by atoms with Crippen LogP contribution in [0.1, 0.15) is 24.5 Å². The second kappa shape index (κ2) is 6.96. The number of hydrogen-bond donors (Lipinski definition) is 1. The monoisotopic (exact) mass is 271 g/mol. The average Bonchev–Trinajstić information content (AvgIpc) is 2.44. The summed E-state index contributed by atoms with van der Waals surface area (Å²) >= 11 is 0. The Morgan fingerprint density at radius 1 is 1.05 bits per heavy atom. The predicted octanol–water partition coefficient (Wildman–Crippen LogP) is 4.71. The largest absolute Gasteiger partial charge is 0.455 e. The first-order valence-corrected chi connectivity index (χ1v) is 6.90. The SMILES string of the molecule is CCCc1ccccc1Oc1ccc(C)cc1NOC. The van der Waals surface area contributed by atoms with Gasteiger partial charge in [-0.05, 0) is 42.7 Å². The van der Waals surface area contributed by atoms with Gasteiger partial charge >= 0.3 is 0 Å². The fraction of sp³-hybridized carbons (Fsp3) is 0.294. The van der Waals surface area contributed by atoms with E-state index in [1.165, 1.54) is 5.56 Å². The Balaban J connectivity index is 2.29. The van der Waals surface area contributed by atoms with Gasteiger partial charge in [-0.15, -0.1) is 0 Å². The van der Waals surface area contributed by atoms with Crippen molar-refractivity contribution in [3.8, 4) is 11.5 Å². The first-order valence-electron chi connectivity index (χ1n) is 6.90. The first-order chi connectivity index (χ1) is 9.74. The molecule has 0 aromatic heterocycles. The van der Waals surface area contributed by atoms with Crippen LogP contribution in [0.2, 0.25) is 0 Å². The topological polar surface area (TPSA) is 30.5 Å². The number of ether oxygens (including phenoxy) is 1. The van der Waals surface area contributed by atoms with Gasteiger partial charge < -0.3 is 4.74 Å². The van der Waals surface area contributed by atoms with Crippen molar-refractivity contribution < 1.29 is 9.57 Å². The minimum Gasteiger partial charge on any atom is -0.455 e. The number of benzene rings is 2. The van der Waals surface area contributed by atoms with Crippen molar-refractivity contribution in [2.45, 2.75) is 26.7 Å². The van der Waals surface area contributed by atoms with Crippen LogP contribution in [0, 0.1) is 6.92 Å². The van der Waals surface area contributed by atoms with Crippen molar-refractivity contribution in [2.24, 2.45) is 0 Å². The van der Waals surface area contributed by atoms with E-state index in [-0.39, 0.29) is 0 Å². The maximum atomic E-state index is 6.06. The number of hydrogen-bond acceptors (Lipinski definition) is 3. The van der Waals surface area contributed by atoms with E-state index in [1.54, 1.807) is 7.11 Å². The quantitative estimate of drug-likeness (QED) is 0.772. The Bertz CT molecular complexity index is 567. The molecule has 0 saturated heterocycles. The van der Waals surface area contributed by atoms with Gasteiger partial charge in [-0.25, -0.2) is 0 Å². The van der Waals surface area contributed by atoms with Crippen LogP contribution in [0.3, 0.4) is 0 Å². The van der Waals surface area contributed by atoms with E-state index >= 15 is 0 Å². The van der Waals surface area contributed by atoms with Crippen LogP contribution >= 0.6 is 0 Å². The Morgan fingerprint density at radius 2 is 1.85 bits per heavy atom. The summed E-state index contributed by atoms with van der Waals surface area (Å²) in [6, 6.07) is 14.1. The first kappa shape index (κ1) is 14.4. The number of nitrogens with one attached hydrogen (secondary N) is 1. The van der Waals surface area contributed by atoms with Crippen molar-refractivity contribution in [3.05, 3.63) is 53.6 Å². The molecule has 2 rings (SSSR count). The van der Waals surface area contributed by atoms with Crippen LogP contribution in [-0.4, -0.2) is 7.11 Å². The molecule has 0 bridgehead atoms. The van der Waals surface area contributed by atoms with Crippen LogP contribution in [0.25, 0.3) is 0 Å². The summed E-state index contributed by atoms with van der Waals surface area (Å²) in [4.78, 5) is 5.01. The predicted molar refractivity (Wildman–Crippen MR) is 82.3 cm³/mol. The lowest BCUT2D eigenvalue weighted by Crippen LogP contribution is -1.99. The zero-order valence-electron chi connectivity index (χ0n) is 12.3. The van der Waals surface area contributed by atoms with Crippen LogP contribution in [0.5, 0.6) is 11.5 Å². The summed E-state index contributed by atoms with van der Waals surface area (Å²) in [5, 5.41) is 0. The summed E-state index contributed by atoms with van der Waals surface area (Å²) in [5.74, 6) is 1.67. The average molecular weight is 271 g/mol. The molecule has 0 amide bonds. The molecular weight excluding hydrogens is 250 g/mol. The van der Waals surface area contributed by atoms with Crippen LogP contribution in [0.15, 0.2) is 42.5 Å². The molecule has 0 atom stereocenters. The van der Waals surface area contributed by atoms with E-state index in [4.69, 9.17) is 9.57 Å². The van der Waals surface area contributed by atoms with E-state index in [9.17, 15) is 0 Å². The van der Waals surface area contributed by atoms with Gasteiger partial charge in [0.15, 0.2) is 5.75 Å². The van der Waals surface area contributed by atoms with Crippen LogP contribution in [-0.2, 0) is 11.3 Å². The summed E-state index contributed by atoms with van der Waals surface area (Å²) in [5.41, 5.74) is 6.07. The minimum atomic E-state index is 0.765. The van der Waals surface area contributed by atoms with Crippen molar-refractivity contribution >= 4 is 5.69 Å². The standard InChI is InChI=1S/C17H21NO2/c1-4-7-14-8-5-6-9-16(14)20-17-11-10-13(2)12-15(17)18-19-3/h5-6,8-12,18H,4,7H2,1-3H3. The Hall–Kier alpha value is -2.00. The Labute approximate surface area is 120 Å². The number of anilines is 1. The number of aryl methyl sites for hydroxylation is 2. The molecular formula is C17H21NO2. The maximum absolute atomic E-state index is 6.06. The molecule has 0 unspecified atom stereocenters. The smallest absolute Gasteiger partial charge is 0.152 e. The van der Waals surface area contributed by atoms with Crippen molar-refractivity contribution in [3.63, 3.8) is 0 Å². The third-order valence-electron chi connectivity index (χ3n) is 3.06. The molecule has 3 heteroatoms. The summed E-state index contributed by atoms with van der Waals surface area (Å²) in [7, 11) is 1.59. The molecule has 0 heterocycles. The molecule has 0 aliphatic carbocycles. The van der Waals surface area contributed by atoms with E-state index in [2.05, 4.69) is 18.5 Å². The molecule has 0 aliphatic rings. The Kier molecular flexibility index (Phi) is 5.02. The number of rotatable bonds is 6.